The number of benzene rings is 2. The molecule has 0 saturated carbocycles. The number of rotatable bonds is 6. The van der Waals surface area contributed by atoms with E-state index in [1.54, 1.807) is 24.3 Å². The lowest BCUT2D eigenvalue weighted by Gasteiger charge is -2.06. The lowest BCUT2D eigenvalue weighted by Crippen LogP contribution is -2.07. The van der Waals surface area contributed by atoms with Crippen molar-refractivity contribution >= 4 is 14.7 Å². The summed E-state index contributed by atoms with van der Waals surface area (Å²) in [6.45, 7) is 8.90. The summed E-state index contributed by atoms with van der Waals surface area (Å²) in [5.41, 5.74) is 1.05. The van der Waals surface area contributed by atoms with E-state index in [4.69, 9.17) is 4.43 Å². The predicted octanol–water partition coefficient (Wildman–Crippen LogP) is 5.76. The Morgan fingerprint density at radius 1 is 1.16 bits per heavy atom. The molecule has 0 aliphatic heterocycles. The van der Waals surface area contributed by atoms with Gasteiger partial charge in [-0.25, -0.2) is 4.39 Å². The molecule has 2 aromatic carbocycles. The number of nitrogens with zero attached hydrogens (tertiary/aromatic N) is 1. The fourth-order valence-electron chi connectivity index (χ4n) is 2.18. The van der Waals surface area contributed by atoms with Crippen LogP contribution in [-0.2, 0) is 4.43 Å². The molecule has 0 amide bonds. The molecule has 0 saturated heterocycles. The van der Waals surface area contributed by atoms with E-state index in [9.17, 15) is 14.5 Å². The van der Waals surface area contributed by atoms with Crippen LogP contribution in [0.3, 0.4) is 0 Å². The first kappa shape index (κ1) is 21.0. The van der Waals surface area contributed by atoms with Crippen LogP contribution in [0.2, 0.25) is 13.1 Å². The summed E-state index contributed by atoms with van der Waals surface area (Å²) in [6.07, 6.45) is 2.46. The number of halogens is 1. The molecule has 0 unspecified atom stereocenters. The maximum atomic E-state index is 13.3. The standard InChI is InChI=1S/C13H10FNO2.C6H15OSi/c1-9-12(14)8-7-11(13(9)15(16)17)10-5-3-2-4-6-10;1-4-5-6-7-8(2)3/h2-8H,1H3;4-6H2,1-3H3. The molecule has 0 N–H and O–H groups in total. The number of unbranched alkanes of at least 4 members (excludes halogenated alkanes) is 1. The van der Waals surface area contributed by atoms with Crippen molar-refractivity contribution < 1.29 is 13.7 Å². The zero-order chi connectivity index (χ0) is 18.8. The van der Waals surface area contributed by atoms with Gasteiger partial charge in [0, 0.05) is 6.61 Å². The average molecular weight is 362 g/mol. The van der Waals surface area contributed by atoms with Crippen molar-refractivity contribution in [2.75, 3.05) is 6.61 Å². The van der Waals surface area contributed by atoms with Gasteiger partial charge >= 0.3 is 0 Å². The Labute approximate surface area is 150 Å². The highest BCUT2D eigenvalue weighted by Gasteiger charge is 2.21. The van der Waals surface area contributed by atoms with Crippen molar-refractivity contribution in [3.05, 3.63) is 64.0 Å². The molecule has 0 fully saturated rings. The van der Waals surface area contributed by atoms with Gasteiger partial charge in [0.2, 0.25) is 9.04 Å². The quantitative estimate of drug-likeness (QED) is 0.284. The van der Waals surface area contributed by atoms with Gasteiger partial charge in [-0.3, -0.25) is 10.1 Å². The third-order valence-electron chi connectivity index (χ3n) is 3.52. The van der Waals surface area contributed by atoms with E-state index in [0.29, 0.717) is 11.1 Å². The van der Waals surface area contributed by atoms with Gasteiger partial charge in [0.15, 0.2) is 0 Å². The Hall–Kier alpha value is -2.05. The molecule has 0 heterocycles. The minimum Gasteiger partial charge on any atom is -0.417 e. The summed E-state index contributed by atoms with van der Waals surface area (Å²) in [5, 5.41) is 11.0. The Kier molecular flexibility index (Phi) is 9.02. The lowest BCUT2D eigenvalue weighted by atomic mass is 10.0. The summed E-state index contributed by atoms with van der Waals surface area (Å²) in [6, 6.07) is 11.6. The molecule has 0 aromatic heterocycles. The number of hydrogen-bond acceptors (Lipinski definition) is 3. The molecule has 1 radical (unpaired) electrons. The van der Waals surface area contributed by atoms with Crippen molar-refractivity contribution in [3.8, 4) is 11.1 Å². The lowest BCUT2D eigenvalue weighted by molar-refractivity contribution is -0.384. The number of hydrogen-bond donors (Lipinski definition) is 0. The molecule has 0 spiro atoms. The van der Waals surface area contributed by atoms with E-state index in [-0.39, 0.29) is 11.3 Å². The summed E-state index contributed by atoms with van der Waals surface area (Å²) in [5.74, 6) is -0.559. The molecule has 135 valence electrons. The molecule has 2 rings (SSSR count). The van der Waals surface area contributed by atoms with E-state index in [1.807, 2.05) is 6.07 Å². The molecule has 0 aliphatic carbocycles. The maximum Gasteiger partial charge on any atom is 0.282 e. The predicted molar refractivity (Wildman–Crippen MR) is 102 cm³/mol. The molecule has 0 atom stereocenters. The van der Waals surface area contributed by atoms with Crippen molar-refractivity contribution in [1.29, 1.82) is 0 Å². The summed E-state index contributed by atoms with van der Waals surface area (Å²) >= 11 is 0. The fourth-order valence-corrected chi connectivity index (χ4v) is 2.73. The summed E-state index contributed by atoms with van der Waals surface area (Å²) in [7, 11) is -0.407. The van der Waals surface area contributed by atoms with Gasteiger partial charge in [-0.2, -0.15) is 0 Å². The minimum absolute atomic E-state index is 0.0661. The Morgan fingerprint density at radius 2 is 1.80 bits per heavy atom. The molecule has 4 nitrogen and oxygen atoms in total. The summed E-state index contributed by atoms with van der Waals surface area (Å²) in [4.78, 5) is 10.5. The van der Waals surface area contributed by atoms with Gasteiger partial charge in [0.05, 0.1) is 16.1 Å². The van der Waals surface area contributed by atoms with E-state index in [0.717, 1.165) is 6.61 Å². The molecule has 0 bridgehead atoms. The Bertz CT molecular complexity index is 678. The largest absolute Gasteiger partial charge is 0.417 e. The van der Waals surface area contributed by atoms with Crippen LogP contribution >= 0.6 is 0 Å². The molecule has 0 aliphatic rings. The fraction of sp³-hybridized carbons (Fsp3) is 0.368. The van der Waals surface area contributed by atoms with Crippen molar-refractivity contribution in [3.63, 3.8) is 0 Å². The van der Waals surface area contributed by atoms with E-state index < -0.39 is 19.8 Å². The van der Waals surface area contributed by atoms with Crippen LogP contribution in [0.1, 0.15) is 25.3 Å². The van der Waals surface area contributed by atoms with Gasteiger partial charge in [-0.05, 0) is 44.1 Å². The highest BCUT2D eigenvalue weighted by Crippen LogP contribution is 2.33. The van der Waals surface area contributed by atoms with Gasteiger partial charge < -0.3 is 4.43 Å². The van der Waals surface area contributed by atoms with Crippen molar-refractivity contribution in [1.82, 2.24) is 0 Å². The zero-order valence-corrected chi connectivity index (χ0v) is 16.2. The van der Waals surface area contributed by atoms with Crippen LogP contribution in [0.5, 0.6) is 0 Å². The highest BCUT2D eigenvalue weighted by molar-refractivity contribution is 6.48. The second kappa shape index (κ2) is 10.7. The van der Waals surface area contributed by atoms with E-state index in [1.165, 1.54) is 31.9 Å². The van der Waals surface area contributed by atoms with Crippen LogP contribution in [0, 0.1) is 22.9 Å². The van der Waals surface area contributed by atoms with Crippen LogP contribution in [0.15, 0.2) is 42.5 Å². The van der Waals surface area contributed by atoms with E-state index >= 15 is 0 Å². The number of nitro benzene ring substituents is 1. The molecular weight excluding hydrogens is 337 g/mol. The molecule has 2 aromatic rings. The van der Waals surface area contributed by atoms with Gasteiger partial charge in [0.25, 0.3) is 5.69 Å². The van der Waals surface area contributed by atoms with Gasteiger partial charge in [-0.1, -0.05) is 43.7 Å². The molecular formula is C19H25FNO3Si. The summed E-state index contributed by atoms with van der Waals surface area (Å²) < 4.78 is 18.7. The van der Waals surface area contributed by atoms with Crippen LogP contribution in [0.4, 0.5) is 10.1 Å². The first-order valence-electron chi connectivity index (χ1n) is 8.30. The van der Waals surface area contributed by atoms with Gasteiger partial charge in [0.1, 0.15) is 5.82 Å². The van der Waals surface area contributed by atoms with E-state index in [2.05, 4.69) is 20.0 Å². The van der Waals surface area contributed by atoms with Crippen LogP contribution < -0.4 is 0 Å². The first-order chi connectivity index (χ1) is 11.9. The van der Waals surface area contributed by atoms with Crippen LogP contribution in [-0.4, -0.2) is 20.6 Å². The Balaban J connectivity index is 0.000000333. The highest BCUT2D eigenvalue weighted by atomic mass is 28.3. The average Bonchev–Trinajstić information content (AvgIpc) is 2.58. The molecule has 25 heavy (non-hydrogen) atoms. The minimum atomic E-state index is -0.559. The second-order valence-electron chi connectivity index (χ2n) is 5.80. The van der Waals surface area contributed by atoms with Gasteiger partial charge in [-0.15, -0.1) is 0 Å². The smallest absolute Gasteiger partial charge is 0.282 e. The third-order valence-corrected chi connectivity index (χ3v) is 4.30. The normalized spacial score (nSPS) is 10.3. The third kappa shape index (κ3) is 6.76. The Morgan fingerprint density at radius 3 is 2.32 bits per heavy atom. The SMILES string of the molecule is CCCCO[Si](C)C.Cc1c(F)ccc(-c2ccccc2)c1[N+](=O)[O-]. The second-order valence-corrected chi connectivity index (χ2v) is 7.91. The monoisotopic (exact) mass is 362 g/mol. The topological polar surface area (TPSA) is 52.4 Å². The number of nitro groups is 1. The first-order valence-corrected chi connectivity index (χ1v) is 10.7. The van der Waals surface area contributed by atoms with Crippen molar-refractivity contribution in [2.24, 2.45) is 0 Å². The van der Waals surface area contributed by atoms with Crippen molar-refractivity contribution in [2.45, 2.75) is 39.8 Å². The molecule has 6 heteroatoms. The zero-order valence-electron chi connectivity index (χ0n) is 15.2. The maximum absolute atomic E-state index is 13.3. The van der Waals surface area contributed by atoms with Crippen LogP contribution in [0.25, 0.3) is 11.1 Å².